The molecule has 0 saturated carbocycles. The van der Waals surface area contributed by atoms with E-state index in [-0.39, 0.29) is 12.6 Å². The largest absolute Gasteiger partial charge is 0.444 e. The molecule has 6 heteroatoms. The third kappa shape index (κ3) is 4.45. The van der Waals surface area contributed by atoms with Gasteiger partial charge in [-0.1, -0.05) is 65.7 Å². The molecule has 3 aromatic carbocycles. The normalized spacial score (nSPS) is 15.7. The summed E-state index contributed by atoms with van der Waals surface area (Å²) in [5.74, 6) is 0. The second-order valence-electron chi connectivity index (χ2n) is 6.91. The maximum atomic E-state index is 13.2. The van der Waals surface area contributed by atoms with Gasteiger partial charge >= 0.3 is 6.09 Å². The van der Waals surface area contributed by atoms with E-state index in [0.29, 0.717) is 10.0 Å². The van der Waals surface area contributed by atoms with Crippen LogP contribution in [0.1, 0.15) is 29.2 Å². The number of nitrogens with zero attached hydrogens (tertiary/aromatic N) is 1. The van der Waals surface area contributed by atoms with Crippen LogP contribution in [0, 0.1) is 0 Å². The summed E-state index contributed by atoms with van der Waals surface area (Å²) < 4.78 is 6.42. The predicted octanol–water partition coefficient (Wildman–Crippen LogP) is 7.59. The van der Waals surface area contributed by atoms with Gasteiger partial charge in [0.05, 0.1) is 16.8 Å². The Hall–Kier alpha value is -2.01. The fourth-order valence-electron chi connectivity index (χ4n) is 3.64. The van der Waals surface area contributed by atoms with Crippen LogP contribution in [-0.4, -0.2) is 6.09 Å². The highest BCUT2D eigenvalue weighted by molar-refractivity contribution is 9.10. The quantitative estimate of drug-likeness (QED) is 0.378. The molecule has 148 valence electrons. The summed E-state index contributed by atoms with van der Waals surface area (Å²) in [6.07, 6.45) is 1.17. The Kier molecular flexibility index (Phi) is 6.14. The van der Waals surface area contributed by atoms with E-state index in [1.54, 1.807) is 4.90 Å². The number of hydrogen-bond donors (Lipinski definition) is 0. The van der Waals surface area contributed by atoms with E-state index < -0.39 is 6.09 Å². The molecule has 0 radical (unpaired) electrons. The zero-order valence-electron chi connectivity index (χ0n) is 15.4. The fourth-order valence-corrected chi connectivity index (χ4v) is 4.35. The highest BCUT2D eigenvalue weighted by Gasteiger charge is 2.34. The third-order valence-corrected chi connectivity index (χ3v) is 6.45. The molecular formula is C23H18BrCl2NO2. The van der Waals surface area contributed by atoms with Gasteiger partial charge < -0.3 is 4.74 Å². The molecule has 0 N–H and O–H groups in total. The molecule has 1 atom stereocenters. The molecule has 0 aliphatic carbocycles. The van der Waals surface area contributed by atoms with Crippen LogP contribution in [0.25, 0.3) is 0 Å². The maximum absolute atomic E-state index is 13.2. The van der Waals surface area contributed by atoms with Crippen molar-refractivity contribution in [1.82, 2.24) is 0 Å². The molecule has 29 heavy (non-hydrogen) atoms. The number of carbonyl (C=O) groups excluding carboxylic acids is 1. The number of ether oxygens (including phenoxy) is 1. The number of fused-ring (bicyclic) bond motifs is 1. The Balaban J connectivity index is 1.70. The highest BCUT2D eigenvalue weighted by Crippen LogP contribution is 2.42. The van der Waals surface area contributed by atoms with Crippen molar-refractivity contribution in [1.29, 1.82) is 0 Å². The number of benzene rings is 3. The second kappa shape index (κ2) is 8.78. The first kappa shape index (κ1) is 20.3. The molecule has 1 aliphatic heterocycles. The summed E-state index contributed by atoms with van der Waals surface area (Å²) in [6.45, 7) is 0.211. The molecule has 0 fully saturated rings. The summed E-state index contributed by atoms with van der Waals surface area (Å²) in [5.41, 5.74) is 3.74. The van der Waals surface area contributed by atoms with E-state index in [1.807, 2.05) is 66.7 Å². The minimum Gasteiger partial charge on any atom is -0.444 e. The Morgan fingerprint density at radius 2 is 1.86 bits per heavy atom. The lowest BCUT2D eigenvalue weighted by atomic mass is 9.91. The van der Waals surface area contributed by atoms with Crippen LogP contribution in [0.5, 0.6) is 0 Å². The van der Waals surface area contributed by atoms with Crippen molar-refractivity contribution < 1.29 is 9.53 Å². The minimum absolute atomic E-state index is 0.169. The number of anilines is 1. The molecule has 0 aromatic heterocycles. The standard InChI is InChI=1S/C23H18BrCl2NO2/c24-19-13-22-17(12-20(19)26)9-10-21(16-7-4-8-18(25)11-16)27(22)23(28)29-14-15-5-2-1-3-6-15/h1-8,11-13,21H,9-10,14H2. The smallest absolute Gasteiger partial charge is 0.415 e. The summed E-state index contributed by atoms with van der Waals surface area (Å²) in [4.78, 5) is 14.9. The van der Waals surface area contributed by atoms with E-state index in [1.165, 1.54) is 0 Å². The summed E-state index contributed by atoms with van der Waals surface area (Å²) in [6, 6.07) is 20.9. The molecule has 1 amide bonds. The van der Waals surface area contributed by atoms with Gasteiger partial charge in [-0.3, -0.25) is 4.90 Å². The average Bonchev–Trinajstić information content (AvgIpc) is 2.73. The first-order chi connectivity index (χ1) is 14.0. The van der Waals surface area contributed by atoms with Crippen molar-refractivity contribution in [2.45, 2.75) is 25.5 Å². The number of carbonyl (C=O) groups is 1. The van der Waals surface area contributed by atoms with Crippen LogP contribution < -0.4 is 4.90 Å². The molecular weight excluding hydrogens is 473 g/mol. The van der Waals surface area contributed by atoms with Crippen molar-refractivity contribution in [2.24, 2.45) is 0 Å². The van der Waals surface area contributed by atoms with E-state index in [0.717, 1.165) is 39.7 Å². The summed E-state index contributed by atoms with van der Waals surface area (Å²) in [5, 5.41) is 1.27. The number of halogens is 3. The zero-order valence-corrected chi connectivity index (χ0v) is 18.5. The molecule has 1 unspecified atom stereocenters. The summed E-state index contributed by atoms with van der Waals surface area (Å²) >= 11 is 16.0. The lowest BCUT2D eigenvalue weighted by molar-refractivity contribution is 0.143. The number of hydrogen-bond acceptors (Lipinski definition) is 2. The van der Waals surface area contributed by atoms with E-state index in [2.05, 4.69) is 15.9 Å². The van der Waals surface area contributed by atoms with Crippen LogP contribution in [0.2, 0.25) is 10.0 Å². The molecule has 0 saturated heterocycles. The Morgan fingerprint density at radius 3 is 2.62 bits per heavy atom. The van der Waals surface area contributed by atoms with Crippen molar-refractivity contribution in [2.75, 3.05) is 4.90 Å². The van der Waals surface area contributed by atoms with Crippen molar-refractivity contribution >= 4 is 50.9 Å². The number of rotatable bonds is 3. The highest BCUT2D eigenvalue weighted by atomic mass is 79.9. The Bertz CT molecular complexity index is 1040. The molecule has 3 aromatic rings. The van der Waals surface area contributed by atoms with Crippen LogP contribution in [-0.2, 0) is 17.8 Å². The first-order valence-electron chi connectivity index (χ1n) is 9.26. The van der Waals surface area contributed by atoms with Gasteiger partial charge in [-0.15, -0.1) is 0 Å². The average molecular weight is 491 g/mol. The minimum atomic E-state index is -0.394. The SMILES string of the molecule is O=C(OCc1ccccc1)N1c2cc(Br)c(Cl)cc2CCC1c1cccc(Cl)c1. The van der Waals surface area contributed by atoms with Gasteiger partial charge in [0.1, 0.15) is 6.61 Å². The van der Waals surface area contributed by atoms with Gasteiger partial charge in [0, 0.05) is 9.50 Å². The van der Waals surface area contributed by atoms with Gasteiger partial charge in [-0.05, 0) is 69.7 Å². The Morgan fingerprint density at radius 1 is 1.07 bits per heavy atom. The molecule has 0 spiro atoms. The van der Waals surface area contributed by atoms with Gasteiger partial charge in [0.2, 0.25) is 0 Å². The van der Waals surface area contributed by atoms with Crippen LogP contribution in [0.3, 0.4) is 0 Å². The monoisotopic (exact) mass is 489 g/mol. The van der Waals surface area contributed by atoms with Gasteiger partial charge in [-0.25, -0.2) is 4.79 Å². The van der Waals surface area contributed by atoms with Crippen LogP contribution in [0.4, 0.5) is 10.5 Å². The Labute approximate surface area is 188 Å². The van der Waals surface area contributed by atoms with Crippen molar-refractivity contribution in [3.05, 3.63) is 97.9 Å². The van der Waals surface area contributed by atoms with Crippen molar-refractivity contribution in [3.63, 3.8) is 0 Å². The second-order valence-corrected chi connectivity index (χ2v) is 8.61. The van der Waals surface area contributed by atoms with Crippen LogP contribution >= 0.6 is 39.1 Å². The first-order valence-corrected chi connectivity index (χ1v) is 10.8. The number of amides is 1. The van der Waals surface area contributed by atoms with Crippen molar-refractivity contribution in [3.8, 4) is 0 Å². The van der Waals surface area contributed by atoms with Gasteiger partial charge in [0.15, 0.2) is 0 Å². The summed E-state index contributed by atoms with van der Waals surface area (Å²) in [7, 11) is 0. The van der Waals surface area contributed by atoms with E-state index in [9.17, 15) is 4.79 Å². The van der Waals surface area contributed by atoms with E-state index in [4.69, 9.17) is 27.9 Å². The number of aryl methyl sites for hydroxylation is 1. The molecule has 0 bridgehead atoms. The third-order valence-electron chi connectivity index (χ3n) is 5.02. The molecule has 1 heterocycles. The molecule has 4 rings (SSSR count). The van der Waals surface area contributed by atoms with E-state index >= 15 is 0 Å². The van der Waals surface area contributed by atoms with Gasteiger partial charge in [0.25, 0.3) is 0 Å². The van der Waals surface area contributed by atoms with Crippen LogP contribution in [0.15, 0.2) is 71.2 Å². The van der Waals surface area contributed by atoms with Gasteiger partial charge in [-0.2, -0.15) is 0 Å². The topological polar surface area (TPSA) is 29.5 Å². The lowest BCUT2D eigenvalue weighted by Gasteiger charge is -2.37. The molecule has 3 nitrogen and oxygen atoms in total. The fraction of sp³-hybridized carbons (Fsp3) is 0.174. The zero-order chi connectivity index (χ0) is 20.4. The predicted molar refractivity (Wildman–Crippen MR) is 121 cm³/mol. The molecule has 1 aliphatic rings. The maximum Gasteiger partial charge on any atom is 0.415 e. The lowest BCUT2D eigenvalue weighted by Crippen LogP contribution is -2.38.